The second kappa shape index (κ2) is 5.51. The fourth-order valence-electron chi connectivity index (χ4n) is 2.56. The van der Waals surface area contributed by atoms with Crippen LogP contribution in [0.4, 0.5) is 0 Å². The Bertz CT molecular complexity index is 338. The first-order valence-electron chi connectivity index (χ1n) is 6.49. The zero-order valence-corrected chi connectivity index (χ0v) is 12.8. The van der Waals surface area contributed by atoms with E-state index in [-0.39, 0.29) is 11.8 Å². The van der Waals surface area contributed by atoms with E-state index in [4.69, 9.17) is 0 Å². The highest BCUT2D eigenvalue weighted by Gasteiger charge is 2.52. The van der Waals surface area contributed by atoms with Crippen molar-refractivity contribution < 1.29 is 9.59 Å². The molecule has 104 valence electrons. The standard InChI is InChI=1S/C13H24N2O2S/c1-6-13(7-2)10(16)14-12(3,4)11(17)15(13)8-9-18-5/h6-9H2,1-5H3,(H,14,16). The Balaban J connectivity index is 3.14. The van der Waals surface area contributed by atoms with Crippen molar-refractivity contribution in [1.82, 2.24) is 10.2 Å². The average molecular weight is 272 g/mol. The first kappa shape index (κ1) is 15.3. The predicted octanol–water partition coefficient (Wildman–Crippen LogP) is 1.65. The summed E-state index contributed by atoms with van der Waals surface area (Å²) < 4.78 is 0. The smallest absolute Gasteiger partial charge is 0.248 e. The molecule has 0 radical (unpaired) electrons. The Hall–Kier alpha value is -0.710. The quantitative estimate of drug-likeness (QED) is 0.828. The molecule has 1 saturated heterocycles. The molecule has 0 aliphatic carbocycles. The van der Waals surface area contributed by atoms with Gasteiger partial charge in [0.15, 0.2) is 0 Å². The number of hydrogen-bond donors (Lipinski definition) is 1. The second-order valence-corrected chi connectivity index (χ2v) is 6.25. The second-order valence-electron chi connectivity index (χ2n) is 5.27. The van der Waals surface area contributed by atoms with E-state index in [0.717, 1.165) is 5.75 Å². The predicted molar refractivity (Wildman–Crippen MR) is 75.6 cm³/mol. The molecule has 18 heavy (non-hydrogen) atoms. The van der Waals surface area contributed by atoms with Gasteiger partial charge in [0, 0.05) is 12.3 Å². The minimum atomic E-state index is -0.788. The van der Waals surface area contributed by atoms with Crippen molar-refractivity contribution >= 4 is 23.6 Å². The first-order valence-corrected chi connectivity index (χ1v) is 7.88. The van der Waals surface area contributed by atoms with Gasteiger partial charge in [0.05, 0.1) is 0 Å². The molecule has 1 heterocycles. The van der Waals surface area contributed by atoms with Crippen molar-refractivity contribution in [2.75, 3.05) is 18.6 Å². The van der Waals surface area contributed by atoms with Crippen molar-refractivity contribution in [2.45, 2.75) is 51.6 Å². The molecule has 0 spiro atoms. The normalized spacial score (nSPS) is 21.9. The maximum atomic E-state index is 12.5. The molecule has 4 nitrogen and oxygen atoms in total. The van der Waals surface area contributed by atoms with Crippen LogP contribution in [-0.4, -0.2) is 46.3 Å². The fourth-order valence-corrected chi connectivity index (χ4v) is 2.92. The third-order valence-electron chi connectivity index (χ3n) is 3.83. The van der Waals surface area contributed by atoms with Gasteiger partial charge in [-0.15, -0.1) is 0 Å². The van der Waals surface area contributed by atoms with Crippen LogP contribution < -0.4 is 5.32 Å². The molecule has 0 aromatic heterocycles. The maximum absolute atomic E-state index is 12.5. The number of hydrogen-bond acceptors (Lipinski definition) is 3. The van der Waals surface area contributed by atoms with Crippen LogP contribution in [0.2, 0.25) is 0 Å². The largest absolute Gasteiger partial charge is 0.340 e. The summed E-state index contributed by atoms with van der Waals surface area (Å²) in [7, 11) is 0. The number of carbonyl (C=O) groups is 2. The zero-order valence-electron chi connectivity index (χ0n) is 12.0. The Morgan fingerprint density at radius 3 is 2.22 bits per heavy atom. The van der Waals surface area contributed by atoms with Gasteiger partial charge in [0.25, 0.3) is 0 Å². The lowest BCUT2D eigenvalue weighted by molar-refractivity contribution is -0.162. The number of thioether (sulfide) groups is 1. The molecule has 2 amide bonds. The third kappa shape index (κ3) is 2.37. The van der Waals surface area contributed by atoms with Crippen molar-refractivity contribution in [2.24, 2.45) is 0 Å². The van der Waals surface area contributed by atoms with Crippen LogP contribution in [-0.2, 0) is 9.59 Å². The van der Waals surface area contributed by atoms with Gasteiger partial charge >= 0.3 is 0 Å². The van der Waals surface area contributed by atoms with Crippen molar-refractivity contribution in [3.8, 4) is 0 Å². The molecule has 1 rings (SSSR count). The zero-order chi connectivity index (χ0) is 14.0. The average Bonchev–Trinajstić information content (AvgIpc) is 2.32. The maximum Gasteiger partial charge on any atom is 0.248 e. The summed E-state index contributed by atoms with van der Waals surface area (Å²) in [4.78, 5) is 26.7. The molecule has 1 aliphatic heterocycles. The molecule has 0 unspecified atom stereocenters. The number of amides is 2. The van der Waals surface area contributed by atoms with Crippen LogP contribution in [0.25, 0.3) is 0 Å². The lowest BCUT2D eigenvalue weighted by atomic mass is 9.83. The van der Waals surface area contributed by atoms with Gasteiger partial charge in [-0.3, -0.25) is 9.59 Å². The molecule has 0 atom stereocenters. The summed E-state index contributed by atoms with van der Waals surface area (Å²) in [5.41, 5.74) is -1.45. The number of nitrogens with one attached hydrogen (secondary N) is 1. The van der Waals surface area contributed by atoms with Crippen LogP contribution >= 0.6 is 11.8 Å². The van der Waals surface area contributed by atoms with Gasteiger partial charge in [-0.25, -0.2) is 0 Å². The van der Waals surface area contributed by atoms with Crippen molar-refractivity contribution in [1.29, 1.82) is 0 Å². The number of piperazine rings is 1. The minimum Gasteiger partial charge on any atom is -0.340 e. The first-order chi connectivity index (χ1) is 8.35. The van der Waals surface area contributed by atoms with E-state index in [1.807, 2.05) is 20.1 Å². The fraction of sp³-hybridized carbons (Fsp3) is 0.846. The van der Waals surface area contributed by atoms with Gasteiger partial charge < -0.3 is 10.2 Å². The Morgan fingerprint density at radius 2 is 1.78 bits per heavy atom. The van der Waals surface area contributed by atoms with Crippen LogP contribution in [0, 0.1) is 0 Å². The Morgan fingerprint density at radius 1 is 1.22 bits per heavy atom. The Labute approximate surface area is 114 Å². The van der Waals surface area contributed by atoms with Gasteiger partial charge in [-0.05, 0) is 32.9 Å². The number of nitrogens with zero attached hydrogens (tertiary/aromatic N) is 1. The summed E-state index contributed by atoms with van der Waals surface area (Å²) in [6.07, 6.45) is 3.33. The molecule has 0 bridgehead atoms. The highest BCUT2D eigenvalue weighted by atomic mass is 32.2. The van der Waals surface area contributed by atoms with E-state index in [1.54, 1.807) is 30.5 Å². The molecule has 5 heteroatoms. The number of rotatable bonds is 5. The summed E-state index contributed by atoms with van der Waals surface area (Å²) in [6.45, 7) is 8.13. The summed E-state index contributed by atoms with van der Waals surface area (Å²) >= 11 is 1.69. The summed E-state index contributed by atoms with van der Waals surface area (Å²) in [6, 6.07) is 0. The van der Waals surface area contributed by atoms with E-state index >= 15 is 0 Å². The molecule has 0 aromatic rings. The highest BCUT2D eigenvalue weighted by molar-refractivity contribution is 7.98. The summed E-state index contributed by atoms with van der Waals surface area (Å²) in [5, 5.41) is 2.87. The van der Waals surface area contributed by atoms with Gasteiger partial charge in [0.2, 0.25) is 11.8 Å². The van der Waals surface area contributed by atoms with Gasteiger partial charge in [0.1, 0.15) is 11.1 Å². The van der Waals surface area contributed by atoms with Gasteiger partial charge in [-0.2, -0.15) is 11.8 Å². The highest BCUT2D eigenvalue weighted by Crippen LogP contribution is 2.32. The van der Waals surface area contributed by atoms with Crippen molar-refractivity contribution in [3.05, 3.63) is 0 Å². The molecular weight excluding hydrogens is 248 g/mol. The van der Waals surface area contributed by atoms with Crippen LogP contribution in [0.5, 0.6) is 0 Å². The molecule has 0 saturated carbocycles. The van der Waals surface area contributed by atoms with Crippen LogP contribution in [0.1, 0.15) is 40.5 Å². The molecule has 0 aromatic carbocycles. The molecule has 1 aliphatic rings. The van der Waals surface area contributed by atoms with E-state index < -0.39 is 11.1 Å². The molecule has 1 fully saturated rings. The third-order valence-corrected chi connectivity index (χ3v) is 4.42. The van der Waals surface area contributed by atoms with Crippen LogP contribution in [0.3, 0.4) is 0 Å². The lowest BCUT2D eigenvalue weighted by Gasteiger charge is -2.50. The molecule has 1 N–H and O–H groups in total. The van der Waals surface area contributed by atoms with Gasteiger partial charge in [-0.1, -0.05) is 13.8 Å². The van der Waals surface area contributed by atoms with E-state index in [2.05, 4.69) is 5.32 Å². The van der Waals surface area contributed by atoms with Crippen LogP contribution in [0.15, 0.2) is 0 Å². The Kier molecular flexibility index (Phi) is 4.70. The minimum absolute atomic E-state index is 0.0156. The monoisotopic (exact) mass is 272 g/mol. The topological polar surface area (TPSA) is 49.4 Å². The lowest BCUT2D eigenvalue weighted by Crippen LogP contribution is -2.74. The van der Waals surface area contributed by atoms with E-state index in [9.17, 15) is 9.59 Å². The van der Waals surface area contributed by atoms with E-state index in [0.29, 0.717) is 19.4 Å². The number of carbonyl (C=O) groups excluding carboxylic acids is 2. The SMILES string of the molecule is CCC1(CC)C(=O)NC(C)(C)C(=O)N1CCSC. The summed E-state index contributed by atoms with van der Waals surface area (Å²) in [5.74, 6) is 0.870. The van der Waals surface area contributed by atoms with E-state index in [1.165, 1.54) is 0 Å². The molecular formula is C13H24N2O2S. The van der Waals surface area contributed by atoms with Crippen molar-refractivity contribution in [3.63, 3.8) is 0 Å².